The van der Waals surface area contributed by atoms with E-state index in [0.29, 0.717) is 0 Å². The third kappa shape index (κ3) is 4.10. The van der Waals surface area contributed by atoms with Crippen molar-refractivity contribution in [1.29, 1.82) is 0 Å². The zero-order valence-corrected chi connectivity index (χ0v) is 16.7. The first-order valence-corrected chi connectivity index (χ1v) is 10.2. The van der Waals surface area contributed by atoms with Crippen LogP contribution < -0.4 is 11.1 Å². The van der Waals surface area contributed by atoms with Gasteiger partial charge in [-0.1, -0.05) is 28.1 Å². The van der Waals surface area contributed by atoms with E-state index in [4.69, 9.17) is 5.73 Å². The van der Waals surface area contributed by atoms with Crippen LogP contribution in [0.2, 0.25) is 0 Å². The average Bonchev–Trinajstić information content (AvgIpc) is 2.68. The van der Waals surface area contributed by atoms with Crippen LogP contribution in [0.4, 0.5) is 5.69 Å². The van der Waals surface area contributed by atoms with Crippen molar-refractivity contribution in [2.45, 2.75) is 9.92 Å². The molecule has 0 aliphatic heterocycles. The molecule has 0 saturated heterocycles. The monoisotopic (exact) mass is 459 g/mol. The number of pyridine rings is 1. The molecule has 9 heteroatoms. The third-order valence-electron chi connectivity index (χ3n) is 3.84. The van der Waals surface area contributed by atoms with Crippen molar-refractivity contribution in [3.63, 3.8) is 0 Å². The molecular weight excluding hydrogens is 446 g/mol. The number of halogens is 1. The van der Waals surface area contributed by atoms with Gasteiger partial charge in [0.1, 0.15) is 0 Å². The fourth-order valence-electron chi connectivity index (χ4n) is 2.41. The summed E-state index contributed by atoms with van der Waals surface area (Å²) in [6.07, 6.45) is 1.16. The Morgan fingerprint density at radius 3 is 2.25 bits per heavy atom. The summed E-state index contributed by atoms with van der Waals surface area (Å²) in [6, 6.07) is 15.1. The zero-order valence-electron chi connectivity index (χ0n) is 14.3. The van der Waals surface area contributed by atoms with Gasteiger partial charge in [-0.2, -0.15) is 0 Å². The molecule has 3 rings (SSSR count). The number of primary amides is 1. The Bertz CT molecular complexity index is 1140. The fourth-order valence-corrected chi connectivity index (χ4v) is 3.85. The topological polar surface area (TPSA) is 119 Å². The second kappa shape index (κ2) is 7.91. The maximum atomic E-state index is 12.6. The fraction of sp³-hybridized carbons (Fsp3) is 0. The van der Waals surface area contributed by atoms with Gasteiger partial charge in [0.2, 0.25) is 9.84 Å². The van der Waals surface area contributed by atoms with E-state index in [-0.39, 0.29) is 26.7 Å². The van der Waals surface area contributed by atoms with Gasteiger partial charge in [0.15, 0.2) is 5.03 Å². The number of para-hydroxylation sites is 1. The van der Waals surface area contributed by atoms with E-state index in [0.717, 1.165) is 10.7 Å². The molecule has 0 radical (unpaired) electrons. The van der Waals surface area contributed by atoms with Crippen molar-refractivity contribution in [2.24, 2.45) is 5.73 Å². The maximum Gasteiger partial charge on any atom is 0.257 e. The molecule has 3 aromatic rings. The number of nitrogens with zero attached hydrogens (tertiary/aromatic N) is 1. The molecule has 0 spiro atoms. The number of sulfone groups is 1. The first-order valence-electron chi connectivity index (χ1n) is 7.96. The number of amides is 2. The summed E-state index contributed by atoms with van der Waals surface area (Å²) >= 11 is 3.25. The summed E-state index contributed by atoms with van der Waals surface area (Å²) in [6.45, 7) is 0. The highest BCUT2D eigenvalue weighted by atomic mass is 79.9. The third-order valence-corrected chi connectivity index (χ3v) is 6.05. The molecule has 2 amide bonds. The van der Waals surface area contributed by atoms with Crippen molar-refractivity contribution in [1.82, 2.24) is 4.98 Å². The summed E-state index contributed by atoms with van der Waals surface area (Å²) in [5, 5.41) is 2.39. The Balaban J connectivity index is 1.84. The molecule has 1 aromatic heterocycles. The van der Waals surface area contributed by atoms with Crippen LogP contribution in [-0.2, 0) is 9.84 Å². The summed E-state index contributed by atoms with van der Waals surface area (Å²) in [7, 11) is -3.80. The molecule has 0 unspecified atom stereocenters. The van der Waals surface area contributed by atoms with Crippen LogP contribution in [0.3, 0.4) is 0 Å². The smallest absolute Gasteiger partial charge is 0.257 e. The number of anilines is 1. The molecule has 0 aliphatic carbocycles. The van der Waals surface area contributed by atoms with Crippen LogP contribution in [0.25, 0.3) is 0 Å². The SMILES string of the molecule is NC(=O)c1ccccc1NC(=O)c1ccc(S(=O)(=O)c2ccc(Br)cc2)nc1. The average molecular weight is 460 g/mol. The molecule has 1 heterocycles. The van der Waals surface area contributed by atoms with E-state index in [1.54, 1.807) is 24.3 Å². The van der Waals surface area contributed by atoms with Gasteiger partial charge in [-0.15, -0.1) is 0 Å². The van der Waals surface area contributed by atoms with Gasteiger partial charge in [0.25, 0.3) is 11.8 Å². The highest BCUT2D eigenvalue weighted by molar-refractivity contribution is 9.10. The van der Waals surface area contributed by atoms with Crippen LogP contribution >= 0.6 is 15.9 Å². The number of nitrogens with two attached hydrogens (primary N) is 1. The highest BCUT2D eigenvalue weighted by Gasteiger charge is 2.20. The Hall–Kier alpha value is -3.04. The van der Waals surface area contributed by atoms with E-state index in [9.17, 15) is 18.0 Å². The van der Waals surface area contributed by atoms with Crippen molar-refractivity contribution >= 4 is 43.3 Å². The van der Waals surface area contributed by atoms with Crippen molar-refractivity contribution in [3.8, 4) is 0 Å². The van der Waals surface area contributed by atoms with Gasteiger partial charge >= 0.3 is 0 Å². The molecular formula is C19H14BrN3O4S. The van der Waals surface area contributed by atoms with Gasteiger partial charge in [0, 0.05) is 10.7 Å². The largest absolute Gasteiger partial charge is 0.366 e. The predicted molar refractivity (Wildman–Crippen MR) is 107 cm³/mol. The molecule has 7 nitrogen and oxygen atoms in total. The normalized spacial score (nSPS) is 11.0. The van der Waals surface area contributed by atoms with Crippen LogP contribution in [0.5, 0.6) is 0 Å². The summed E-state index contributed by atoms with van der Waals surface area (Å²) in [5.41, 5.74) is 5.84. The molecule has 142 valence electrons. The maximum absolute atomic E-state index is 12.6. The summed E-state index contributed by atoms with van der Waals surface area (Å²) in [5.74, 6) is -1.22. The number of rotatable bonds is 5. The Kier molecular flexibility index (Phi) is 5.57. The first-order chi connectivity index (χ1) is 13.3. The predicted octanol–water partition coefficient (Wildman–Crippen LogP) is 3.03. The minimum Gasteiger partial charge on any atom is -0.366 e. The molecule has 0 saturated carbocycles. The lowest BCUT2D eigenvalue weighted by molar-refractivity contribution is 0.100. The molecule has 28 heavy (non-hydrogen) atoms. The number of carbonyl (C=O) groups is 2. The van der Waals surface area contributed by atoms with Gasteiger partial charge in [-0.3, -0.25) is 9.59 Å². The molecule has 0 atom stereocenters. The highest BCUT2D eigenvalue weighted by Crippen LogP contribution is 2.22. The molecule has 3 N–H and O–H groups in total. The second-order valence-corrected chi connectivity index (χ2v) is 8.52. The lowest BCUT2D eigenvalue weighted by Gasteiger charge is -2.09. The number of aromatic nitrogens is 1. The van der Waals surface area contributed by atoms with Crippen LogP contribution in [0.1, 0.15) is 20.7 Å². The van der Waals surface area contributed by atoms with Gasteiger partial charge in [-0.05, 0) is 48.5 Å². The van der Waals surface area contributed by atoms with E-state index < -0.39 is 21.7 Å². The van der Waals surface area contributed by atoms with E-state index in [1.165, 1.54) is 36.4 Å². The Morgan fingerprint density at radius 1 is 0.964 bits per heavy atom. The summed E-state index contributed by atoms with van der Waals surface area (Å²) < 4.78 is 26.0. The lowest BCUT2D eigenvalue weighted by Crippen LogP contribution is -2.18. The Morgan fingerprint density at radius 2 is 1.64 bits per heavy atom. The van der Waals surface area contributed by atoms with Gasteiger partial charge in [0.05, 0.1) is 21.7 Å². The van der Waals surface area contributed by atoms with Crippen molar-refractivity contribution in [2.75, 3.05) is 5.32 Å². The van der Waals surface area contributed by atoms with Crippen LogP contribution in [-0.4, -0.2) is 25.2 Å². The standard InChI is InChI=1S/C19H14BrN3O4S/c20-13-6-8-14(9-7-13)28(26,27)17-10-5-12(11-22-17)19(25)23-16-4-2-1-3-15(16)18(21)24/h1-11H,(H2,21,24)(H,23,25). The van der Waals surface area contributed by atoms with Gasteiger partial charge < -0.3 is 11.1 Å². The lowest BCUT2D eigenvalue weighted by atomic mass is 10.1. The minimum atomic E-state index is -3.80. The van der Waals surface area contributed by atoms with E-state index >= 15 is 0 Å². The molecule has 0 aliphatic rings. The second-order valence-electron chi connectivity index (χ2n) is 5.71. The first kappa shape index (κ1) is 19.7. The number of benzene rings is 2. The quantitative estimate of drug-likeness (QED) is 0.607. The summed E-state index contributed by atoms with van der Waals surface area (Å²) in [4.78, 5) is 27.8. The molecule has 0 fully saturated rings. The number of hydrogen-bond acceptors (Lipinski definition) is 5. The molecule has 2 aromatic carbocycles. The minimum absolute atomic E-state index is 0.0933. The Labute approximate surface area is 169 Å². The number of carbonyl (C=O) groups excluding carboxylic acids is 2. The van der Waals surface area contributed by atoms with Crippen molar-refractivity contribution < 1.29 is 18.0 Å². The zero-order chi connectivity index (χ0) is 20.3. The van der Waals surface area contributed by atoms with Crippen LogP contribution in [0.15, 0.2) is 81.3 Å². The van der Waals surface area contributed by atoms with Crippen molar-refractivity contribution in [3.05, 3.63) is 82.5 Å². The van der Waals surface area contributed by atoms with E-state index in [1.807, 2.05) is 0 Å². The van der Waals surface area contributed by atoms with Crippen LogP contribution in [0, 0.1) is 0 Å². The number of hydrogen-bond donors (Lipinski definition) is 2. The van der Waals surface area contributed by atoms with Gasteiger partial charge in [-0.25, -0.2) is 13.4 Å². The number of nitrogens with one attached hydrogen (secondary N) is 1. The van der Waals surface area contributed by atoms with E-state index in [2.05, 4.69) is 26.2 Å². The molecule has 0 bridgehead atoms.